The van der Waals surface area contributed by atoms with Gasteiger partial charge in [0, 0.05) is 5.92 Å². The van der Waals surface area contributed by atoms with Crippen molar-refractivity contribution in [3.05, 3.63) is 11.9 Å². The zero-order valence-electron chi connectivity index (χ0n) is 9.77. The first-order valence-electron chi connectivity index (χ1n) is 5.23. The molecule has 0 spiro atoms. The molecule has 0 amide bonds. The first-order valence-corrected chi connectivity index (χ1v) is 5.23. The lowest BCUT2D eigenvalue weighted by Crippen LogP contribution is -2.10. The van der Waals surface area contributed by atoms with Crippen LogP contribution in [0.1, 0.15) is 20.8 Å². The summed E-state index contributed by atoms with van der Waals surface area (Å²) >= 11 is 0. The Morgan fingerprint density at radius 1 is 1.35 bits per heavy atom. The van der Waals surface area contributed by atoms with E-state index in [1.54, 1.807) is 20.8 Å². The third-order valence-electron chi connectivity index (χ3n) is 2.97. The fourth-order valence-corrected chi connectivity index (χ4v) is 2.07. The number of esters is 1. The first-order chi connectivity index (χ1) is 7.61. The molecule has 0 aromatic carbocycles. The highest BCUT2D eigenvalue weighted by Gasteiger charge is 2.65. The molecule has 1 aliphatic carbocycles. The van der Waals surface area contributed by atoms with Crippen LogP contribution in [0, 0.1) is 17.3 Å². The van der Waals surface area contributed by atoms with Crippen LogP contribution < -0.4 is 0 Å². The molecule has 0 aromatic heterocycles. The van der Waals surface area contributed by atoms with Crippen molar-refractivity contribution in [1.82, 2.24) is 0 Å². The van der Waals surface area contributed by atoms with Gasteiger partial charge in [0.15, 0.2) is 0 Å². The Morgan fingerprint density at radius 3 is 2.29 bits per heavy atom. The highest BCUT2D eigenvalue weighted by Crippen LogP contribution is 2.62. The van der Waals surface area contributed by atoms with Crippen LogP contribution in [0.5, 0.6) is 0 Å². The summed E-state index contributed by atoms with van der Waals surface area (Å²) in [5, 5.41) is 0. The second-order valence-electron chi connectivity index (χ2n) is 4.60. The van der Waals surface area contributed by atoms with Crippen LogP contribution in [-0.2, 0) is 9.53 Å². The molecular weight excluding hydrogens is 240 g/mol. The minimum absolute atomic E-state index is 0.128. The van der Waals surface area contributed by atoms with E-state index in [0.29, 0.717) is 0 Å². The van der Waals surface area contributed by atoms with Crippen LogP contribution in [0.25, 0.3) is 0 Å². The fraction of sp³-hybridized carbons (Fsp3) is 0.727. The summed E-state index contributed by atoms with van der Waals surface area (Å²) in [6.07, 6.45) is -5.10. The van der Waals surface area contributed by atoms with Crippen LogP contribution in [0.4, 0.5) is 17.6 Å². The molecule has 0 aromatic rings. The van der Waals surface area contributed by atoms with Crippen molar-refractivity contribution in [2.75, 3.05) is 6.61 Å². The molecule has 2 nitrogen and oxygen atoms in total. The van der Waals surface area contributed by atoms with Gasteiger partial charge in [-0.05, 0) is 12.3 Å². The number of alkyl halides is 3. The zero-order chi connectivity index (χ0) is 13.4. The summed E-state index contributed by atoms with van der Waals surface area (Å²) in [7, 11) is 0. The maximum absolute atomic E-state index is 13.4. The largest absolute Gasteiger partial charge is 0.466 e. The van der Waals surface area contributed by atoms with Gasteiger partial charge in [-0.3, -0.25) is 4.79 Å². The van der Waals surface area contributed by atoms with Crippen molar-refractivity contribution in [2.24, 2.45) is 17.3 Å². The Hall–Kier alpha value is -1.07. The number of halogens is 4. The lowest BCUT2D eigenvalue weighted by molar-refractivity contribution is -0.145. The topological polar surface area (TPSA) is 26.3 Å². The molecule has 0 saturated heterocycles. The van der Waals surface area contributed by atoms with E-state index in [-0.39, 0.29) is 6.61 Å². The average molecular weight is 254 g/mol. The molecular formula is C11H14F4O2. The van der Waals surface area contributed by atoms with Gasteiger partial charge >= 0.3 is 12.1 Å². The molecule has 2 atom stereocenters. The lowest BCUT2D eigenvalue weighted by atomic mass is 10.1. The highest BCUT2D eigenvalue weighted by molar-refractivity contribution is 5.78. The second-order valence-corrected chi connectivity index (χ2v) is 4.60. The molecule has 1 saturated carbocycles. The fourth-order valence-electron chi connectivity index (χ4n) is 2.07. The minimum Gasteiger partial charge on any atom is -0.466 e. The monoisotopic (exact) mass is 254 g/mol. The van der Waals surface area contributed by atoms with Gasteiger partial charge in [0.1, 0.15) is 5.83 Å². The number of ether oxygens (including phenoxy) is 1. The number of hydrogen-bond donors (Lipinski definition) is 0. The molecule has 0 bridgehead atoms. The highest BCUT2D eigenvalue weighted by atomic mass is 19.4. The number of hydrogen-bond acceptors (Lipinski definition) is 2. The Morgan fingerprint density at radius 2 is 1.88 bits per heavy atom. The molecule has 6 heteroatoms. The van der Waals surface area contributed by atoms with Crippen LogP contribution >= 0.6 is 0 Å². The van der Waals surface area contributed by atoms with Gasteiger partial charge in [0.25, 0.3) is 0 Å². The van der Waals surface area contributed by atoms with Gasteiger partial charge < -0.3 is 4.74 Å². The molecule has 1 rings (SSSR count). The van der Waals surface area contributed by atoms with Crippen LogP contribution in [0.2, 0.25) is 0 Å². The average Bonchev–Trinajstić information content (AvgIpc) is 2.66. The molecule has 0 heterocycles. The smallest absolute Gasteiger partial charge is 0.412 e. The third-order valence-corrected chi connectivity index (χ3v) is 2.97. The Bertz CT molecular complexity index is 344. The summed E-state index contributed by atoms with van der Waals surface area (Å²) in [6.45, 7) is 4.80. The molecule has 0 N–H and O–H groups in total. The van der Waals surface area contributed by atoms with Crippen LogP contribution in [-0.4, -0.2) is 18.8 Å². The van der Waals surface area contributed by atoms with E-state index in [2.05, 4.69) is 0 Å². The number of allylic oxidation sites excluding steroid dienone is 2. The summed E-state index contributed by atoms with van der Waals surface area (Å²) in [5.74, 6) is -3.82. The quantitative estimate of drug-likeness (QED) is 0.571. The van der Waals surface area contributed by atoms with Crippen molar-refractivity contribution in [2.45, 2.75) is 26.9 Å². The first kappa shape index (κ1) is 14.0. The molecule has 98 valence electrons. The number of carbonyl (C=O) groups excluding carboxylic acids is 1. The maximum atomic E-state index is 13.4. The van der Waals surface area contributed by atoms with Crippen molar-refractivity contribution in [1.29, 1.82) is 0 Å². The third kappa shape index (κ3) is 2.98. The normalized spacial score (nSPS) is 27.8. The summed E-state index contributed by atoms with van der Waals surface area (Å²) in [4.78, 5) is 11.4. The number of rotatable bonds is 3. The van der Waals surface area contributed by atoms with E-state index in [9.17, 15) is 22.4 Å². The number of carbonyl (C=O) groups is 1. The molecule has 0 aliphatic heterocycles. The van der Waals surface area contributed by atoms with Gasteiger partial charge in [-0.25, -0.2) is 4.39 Å². The molecule has 1 aliphatic rings. The predicted molar refractivity (Wildman–Crippen MR) is 52.6 cm³/mol. The van der Waals surface area contributed by atoms with Crippen LogP contribution in [0.3, 0.4) is 0 Å². The lowest BCUT2D eigenvalue weighted by Gasteiger charge is -2.02. The molecule has 0 radical (unpaired) electrons. The Kier molecular flexibility index (Phi) is 3.55. The van der Waals surface area contributed by atoms with Crippen molar-refractivity contribution < 1.29 is 27.1 Å². The van der Waals surface area contributed by atoms with Crippen molar-refractivity contribution >= 4 is 5.97 Å². The summed E-state index contributed by atoms with van der Waals surface area (Å²) < 4.78 is 54.0. The molecule has 17 heavy (non-hydrogen) atoms. The predicted octanol–water partition coefficient (Wildman–Crippen LogP) is 3.24. The van der Waals surface area contributed by atoms with Crippen molar-refractivity contribution in [3.63, 3.8) is 0 Å². The van der Waals surface area contributed by atoms with Gasteiger partial charge in [-0.15, -0.1) is 0 Å². The van der Waals surface area contributed by atoms with Gasteiger partial charge in [0.2, 0.25) is 0 Å². The zero-order valence-corrected chi connectivity index (χ0v) is 9.77. The SMILES string of the molecule is CCOC(=O)C1C(C(F)=CC(F)(F)F)C1(C)C. The summed E-state index contributed by atoms with van der Waals surface area (Å²) in [6, 6.07) is 0. The van der Waals surface area contributed by atoms with Crippen molar-refractivity contribution in [3.8, 4) is 0 Å². The van der Waals surface area contributed by atoms with E-state index in [4.69, 9.17) is 4.74 Å². The minimum atomic E-state index is -4.71. The molecule has 2 unspecified atom stereocenters. The van der Waals surface area contributed by atoms with Gasteiger partial charge in [-0.2, -0.15) is 13.2 Å². The Balaban J connectivity index is 2.81. The van der Waals surface area contributed by atoms with Gasteiger partial charge in [-0.1, -0.05) is 13.8 Å². The molecule has 1 fully saturated rings. The van der Waals surface area contributed by atoms with Gasteiger partial charge in [0.05, 0.1) is 18.6 Å². The summed E-state index contributed by atoms with van der Waals surface area (Å²) in [5.41, 5.74) is -0.821. The van der Waals surface area contributed by atoms with E-state index in [0.717, 1.165) is 0 Å². The van der Waals surface area contributed by atoms with E-state index >= 15 is 0 Å². The van der Waals surface area contributed by atoms with Crippen LogP contribution in [0.15, 0.2) is 11.9 Å². The maximum Gasteiger partial charge on any atom is 0.412 e. The second kappa shape index (κ2) is 4.31. The Labute approximate surface area is 96.6 Å². The van der Waals surface area contributed by atoms with E-state index < -0.39 is 41.3 Å². The standard InChI is InChI=1S/C11H14F4O2/c1-4-17-9(16)8-7(10(8,2)3)6(12)5-11(13,14)15/h5,7-8H,4H2,1-3H3. The van der Waals surface area contributed by atoms with E-state index in [1.165, 1.54) is 0 Å². The van der Waals surface area contributed by atoms with E-state index in [1.807, 2.05) is 0 Å².